The third kappa shape index (κ3) is 5.10. The zero-order valence-electron chi connectivity index (χ0n) is 19.7. The molecule has 0 spiro atoms. The molecule has 1 aliphatic rings. The largest absolute Gasteiger partial charge is 0.497 e. The highest BCUT2D eigenvalue weighted by Crippen LogP contribution is 2.37. The minimum atomic E-state index is -0.471. The number of methoxy groups -OCH3 is 1. The SMILES string of the molecule is COc1cccc(CSc2nc3n(n2)[C@@H](c2ccc(Cl)cc2)C(C(=O)Nc2ccccc2)=C(C)N3)c1. The lowest BCUT2D eigenvalue weighted by atomic mass is 9.95. The maximum atomic E-state index is 13.5. The lowest BCUT2D eigenvalue weighted by Gasteiger charge is -2.28. The first-order valence-corrected chi connectivity index (χ1v) is 12.7. The summed E-state index contributed by atoms with van der Waals surface area (Å²) in [6.07, 6.45) is 0. The monoisotopic (exact) mass is 517 g/mol. The molecule has 4 aromatic rings. The van der Waals surface area contributed by atoms with Crippen LogP contribution in [0.4, 0.5) is 11.6 Å². The van der Waals surface area contributed by atoms with Crippen LogP contribution in [0.25, 0.3) is 0 Å². The third-order valence-corrected chi connectivity index (χ3v) is 6.96. The van der Waals surface area contributed by atoms with Crippen molar-refractivity contribution in [2.75, 3.05) is 17.7 Å². The molecule has 2 heterocycles. The second-order valence-electron chi connectivity index (χ2n) is 8.24. The van der Waals surface area contributed by atoms with Crippen LogP contribution in [-0.4, -0.2) is 27.8 Å². The van der Waals surface area contributed by atoms with Gasteiger partial charge in [-0.2, -0.15) is 4.98 Å². The van der Waals surface area contributed by atoms with Gasteiger partial charge < -0.3 is 15.4 Å². The van der Waals surface area contributed by atoms with E-state index >= 15 is 0 Å². The number of allylic oxidation sites excluding steroid dienone is 1. The lowest BCUT2D eigenvalue weighted by molar-refractivity contribution is -0.113. The van der Waals surface area contributed by atoms with Crippen LogP contribution in [0.2, 0.25) is 5.02 Å². The molecule has 1 aliphatic heterocycles. The molecule has 9 heteroatoms. The summed E-state index contributed by atoms with van der Waals surface area (Å²) in [4.78, 5) is 18.2. The molecule has 2 N–H and O–H groups in total. The predicted octanol–water partition coefficient (Wildman–Crippen LogP) is 6.16. The van der Waals surface area contributed by atoms with Crippen molar-refractivity contribution >= 4 is 40.9 Å². The number of carbonyl (C=O) groups excluding carboxylic acids is 1. The minimum Gasteiger partial charge on any atom is -0.497 e. The van der Waals surface area contributed by atoms with Crippen molar-refractivity contribution in [2.45, 2.75) is 23.9 Å². The van der Waals surface area contributed by atoms with Crippen molar-refractivity contribution in [1.29, 1.82) is 0 Å². The van der Waals surface area contributed by atoms with Crippen LogP contribution in [0.15, 0.2) is 95.3 Å². The van der Waals surface area contributed by atoms with Gasteiger partial charge in [-0.1, -0.05) is 65.8 Å². The van der Waals surface area contributed by atoms with Crippen molar-refractivity contribution < 1.29 is 9.53 Å². The predicted molar refractivity (Wildman–Crippen MR) is 144 cm³/mol. The first-order valence-electron chi connectivity index (χ1n) is 11.3. The van der Waals surface area contributed by atoms with Gasteiger partial charge in [0.1, 0.15) is 11.8 Å². The summed E-state index contributed by atoms with van der Waals surface area (Å²) < 4.78 is 7.09. The van der Waals surface area contributed by atoms with E-state index in [1.807, 2.05) is 85.8 Å². The van der Waals surface area contributed by atoms with E-state index in [0.29, 0.717) is 33.2 Å². The Bertz CT molecular complexity index is 1420. The number of thioether (sulfide) groups is 1. The number of rotatable bonds is 7. The number of para-hydroxylation sites is 1. The van der Waals surface area contributed by atoms with Crippen molar-refractivity contribution in [3.05, 3.63) is 106 Å². The van der Waals surface area contributed by atoms with Gasteiger partial charge in [-0.15, -0.1) is 5.10 Å². The Labute approximate surface area is 218 Å². The quantitative estimate of drug-likeness (QED) is 0.286. The number of benzene rings is 3. The number of fused-ring (bicyclic) bond motifs is 1. The van der Waals surface area contributed by atoms with Gasteiger partial charge in [-0.05, 0) is 54.4 Å². The molecule has 0 saturated heterocycles. The van der Waals surface area contributed by atoms with Crippen LogP contribution in [0.3, 0.4) is 0 Å². The van der Waals surface area contributed by atoms with Crippen LogP contribution in [0.1, 0.15) is 24.1 Å². The molecule has 1 amide bonds. The van der Waals surface area contributed by atoms with Crippen LogP contribution >= 0.6 is 23.4 Å². The minimum absolute atomic E-state index is 0.210. The molecule has 7 nitrogen and oxygen atoms in total. The normalized spacial score (nSPS) is 14.7. The highest BCUT2D eigenvalue weighted by atomic mass is 35.5. The molecule has 0 bridgehead atoms. The lowest BCUT2D eigenvalue weighted by Crippen LogP contribution is -2.31. The Hall–Kier alpha value is -3.75. The van der Waals surface area contributed by atoms with E-state index in [9.17, 15) is 4.79 Å². The first-order chi connectivity index (χ1) is 17.5. The maximum Gasteiger partial charge on any atom is 0.255 e. The topological polar surface area (TPSA) is 81.1 Å². The Kier molecular flexibility index (Phi) is 6.97. The molecule has 36 heavy (non-hydrogen) atoms. The molecule has 5 rings (SSSR count). The second kappa shape index (κ2) is 10.5. The van der Waals surface area contributed by atoms with Crippen molar-refractivity contribution in [2.24, 2.45) is 0 Å². The van der Waals surface area contributed by atoms with Crippen molar-refractivity contribution in [3.8, 4) is 5.75 Å². The molecule has 0 aliphatic carbocycles. The highest BCUT2D eigenvalue weighted by Gasteiger charge is 2.34. The summed E-state index contributed by atoms with van der Waals surface area (Å²) in [6.45, 7) is 1.88. The van der Waals surface area contributed by atoms with Crippen molar-refractivity contribution in [3.63, 3.8) is 0 Å². The number of halogens is 1. The van der Waals surface area contributed by atoms with Gasteiger partial charge in [0, 0.05) is 22.2 Å². The Balaban J connectivity index is 1.47. The van der Waals surface area contributed by atoms with Gasteiger partial charge in [-0.25, -0.2) is 4.68 Å². The summed E-state index contributed by atoms with van der Waals surface area (Å²) in [6, 6.07) is 24.3. The van der Waals surface area contributed by atoms with Gasteiger partial charge in [0.05, 0.1) is 12.7 Å². The molecule has 0 fully saturated rings. The Morgan fingerprint density at radius 3 is 2.64 bits per heavy atom. The fourth-order valence-corrected chi connectivity index (χ4v) is 4.97. The average molecular weight is 518 g/mol. The molecule has 182 valence electrons. The number of nitrogens with one attached hydrogen (secondary N) is 2. The zero-order chi connectivity index (χ0) is 25.1. The zero-order valence-corrected chi connectivity index (χ0v) is 21.3. The van der Waals surface area contributed by atoms with E-state index in [2.05, 4.69) is 10.6 Å². The van der Waals surface area contributed by atoms with Crippen molar-refractivity contribution in [1.82, 2.24) is 14.8 Å². The fraction of sp³-hybridized carbons (Fsp3) is 0.148. The van der Waals surface area contributed by atoms with E-state index in [1.165, 1.54) is 11.8 Å². The number of carbonyl (C=O) groups is 1. The number of anilines is 2. The summed E-state index contributed by atoms with van der Waals surface area (Å²) in [5, 5.41) is 12.3. The van der Waals surface area contributed by atoms with E-state index in [-0.39, 0.29) is 5.91 Å². The third-order valence-electron chi connectivity index (χ3n) is 5.80. The van der Waals surface area contributed by atoms with E-state index < -0.39 is 6.04 Å². The summed E-state index contributed by atoms with van der Waals surface area (Å²) in [5.41, 5.74) is 3.98. The standard InChI is InChI=1S/C27H24ClN5O2S/c1-17-23(25(34)30-21-8-4-3-5-9-21)24(19-11-13-20(28)14-12-19)33-26(29-17)31-27(32-33)36-16-18-7-6-10-22(15-18)35-2/h3-15,24H,16H2,1-2H3,(H,30,34)(H,29,31,32)/t24-/m0/s1. The van der Waals surface area contributed by atoms with Gasteiger partial charge in [0.25, 0.3) is 5.91 Å². The number of hydrogen-bond donors (Lipinski definition) is 2. The van der Waals surface area contributed by atoms with E-state index in [1.54, 1.807) is 11.8 Å². The number of ether oxygens (including phenoxy) is 1. The molecular weight excluding hydrogens is 494 g/mol. The fourth-order valence-electron chi connectivity index (χ4n) is 4.07. The number of aromatic nitrogens is 3. The maximum absolute atomic E-state index is 13.5. The van der Waals surface area contributed by atoms with Crippen LogP contribution in [0.5, 0.6) is 5.75 Å². The summed E-state index contributed by atoms with van der Waals surface area (Å²) in [7, 11) is 1.65. The van der Waals surface area contributed by atoms with E-state index in [0.717, 1.165) is 22.6 Å². The summed E-state index contributed by atoms with van der Waals surface area (Å²) in [5.74, 6) is 1.86. The molecule has 3 aromatic carbocycles. The second-order valence-corrected chi connectivity index (χ2v) is 9.62. The average Bonchev–Trinajstić information content (AvgIpc) is 3.30. The molecule has 0 radical (unpaired) electrons. The Morgan fingerprint density at radius 1 is 1.11 bits per heavy atom. The number of nitrogens with zero attached hydrogens (tertiary/aromatic N) is 3. The smallest absolute Gasteiger partial charge is 0.255 e. The number of amides is 1. The Morgan fingerprint density at radius 2 is 1.89 bits per heavy atom. The molecule has 0 saturated carbocycles. The van der Waals surface area contributed by atoms with Gasteiger partial charge >= 0.3 is 0 Å². The molecular formula is C27H24ClN5O2S. The van der Waals surface area contributed by atoms with Gasteiger partial charge in [0.2, 0.25) is 11.1 Å². The molecule has 1 aromatic heterocycles. The highest BCUT2D eigenvalue weighted by molar-refractivity contribution is 7.98. The molecule has 0 unspecified atom stereocenters. The van der Waals surface area contributed by atoms with E-state index in [4.69, 9.17) is 26.4 Å². The first kappa shape index (κ1) is 24.0. The molecule has 1 atom stereocenters. The van der Waals surface area contributed by atoms with Gasteiger partial charge in [-0.3, -0.25) is 4.79 Å². The van der Waals surface area contributed by atoms with Crippen LogP contribution < -0.4 is 15.4 Å². The summed E-state index contributed by atoms with van der Waals surface area (Å²) >= 11 is 7.68. The number of hydrogen-bond acceptors (Lipinski definition) is 6. The van der Waals surface area contributed by atoms with Crippen LogP contribution in [-0.2, 0) is 10.5 Å². The van der Waals surface area contributed by atoms with Gasteiger partial charge in [0.15, 0.2) is 0 Å². The van der Waals surface area contributed by atoms with Crippen LogP contribution in [0, 0.1) is 0 Å².